The van der Waals surface area contributed by atoms with Crippen LogP contribution in [0.1, 0.15) is 42.6 Å². The Labute approximate surface area is 130 Å². The molecule has 0 bridgehead atoms. The molecule has 0 saturated carbocycles. The first-order valence-electron chi connectivity index (χ1n) is 7.10. The lowest BCUT2D eigenvalue weighted by Gasteiger charge is -2.13. The van der Waals surface area contributed by atoms with Gasteiger partial charge in [0.15, 0.2) is 0 Å². The van der Waals surface area contributed by atoms with Crippen molar-refractivity contribution in [3.8, 4) is 11.8 Å². The maximum Gasteiger partial charge on any atom is 0.253 e. The first-order valence-corrected chi connectivity index (χ1v) is 8.26. The Balaban J connectivity index is 2.58. The summed E-state index contributed by atoms with van der Waals surface area (Å²) in [5.74, 6) is 7.72. The van der Waals surface area contributed by atoms with Gasteiger partial charge in [0.1, 0.15) is 0 Å². The second-order valence-corrected chi connectivity index (χ2v) is 5.99. The number of aromatic nitrogens is 1. The Hall–Kier alpha value is -1.51. The summed E-state index contributed by atoms with van der Waals surface area (Å²) in [5, 5.41) is 11.7. The van der Waals surface area contributed by atoms with Gasteiger partial charge in [-0.2, -0.15) is 11.8 Å². The van der Waals surface area contributed by atoms with Crippen LogP contribution in [-0.2, 0) is 0 Å². The third-order valence-electron chi connectivity index (χ3n) is 2.75. The Morgan fingerprint density at radius 1 is 1.52 bits per heavy atom. The highest BCUT2D eigenvalue weighted by Gasteiger charge is 2.10. The molecular weight excluding hydrogens is 284 g/mol. The zero-order valence-corrected chi connectivity index (χ0v) is 13.4. The van der Waals surface area contributed by atoms with E-state index in [0.717, 1.165) is 17.9 Å². The number of nitrogens with one attached hydrogen (secondary N) is 1. The van der Waals surface area contributed by atoms with Crippen molar-refractivity contribution in [1.29, 1.82) is 0 Å². The number of hydrogen-bond donors (Lipinski definition) is 2. The molecule has 1 aromatic heterocycles. The van der Waals surface area contributed by atoms with Gasteiger partial charge < -0.3 is 10.4 Å². The number of pyridine rings is 1. The van der Waals surface area contributed by atoms with Crippen molar-refractivity contribution in [1.82, 2.24) is 10.3 Å². The fourth-order valence-corrected chi connectivity index (χ4v) is 2.45. The number of carbonyl (C=O) groups is 1. The van der Waals surface area contributed by atoms with Gasteiger partial charge in [0.2, 0.25) is 0 Å². The molecule has 1 aromatic rings. The molecule has 1 rings (SSSR count). The largest absolute Gasteiger partial charge is 0.395 e. The smallest absolute Gasteiger partial charge is 0.253 e. The van der Waals surface area contributed by atoms with Crippen LogP contribution in [0.4, 0.5) is 0 Å². The number of aliphatic hydroxyl groups excluding tert-OH is 1. The second-order valence-electron chi connectivity index (χ2n) is 4.60. The highest BCUT2D eigenvalue weighted by atomic mass is 32.2. The van der Waals surface area contributed by atoms with Gasteiger partial charge in [-0.15, -0.1) is 0 Å². The van der Waals surface area contributed by atoms with Crippen molar-refractivity contribution in [2.45, 2.75) is 32.7 Å². The van der Waals surface area contributed by atoms with E-state index in [0.29, 0.717) is 17.5 Å². The lowest BCUT2D eigenvalue weighted by atomic mass is 10.1. The van der Waals surface area contributed by atoms with Crippen LogP contribution in [0, 0.1) is 11.8 Å². The third kappa shape index (κ3) is 7.16. The maximum absolute atomic E-state index is 12.1. The summed E-state index contributed by atoms with van der Waals surface area (Å²) in [5.41, 5.74) is 1.20. The first kappa shape index (κ1) is 17.5. The maximum atomic E-state index is 12.1. The summed E-state index contributed by atoms with van der Waals surface area (Å²) in [6.07, 6.45) is 4.53. The molecule has 0 saturated heterocycles. The summed E-state index contributed by atoms with van der Waals surface area (Å²) >= 11 is 1.87. The average Bonchev–Trinajstić information content (AvgIpc) is 2.48. The zero-order chi connectivity index (χ0) is 15.5. The van der Waals surface area contributed by atoms with E-state index in [9.17, 15) is 4.79 Å². The fraction of sp³-hybridized carbons (Fsp3) is 0.500. The van der Waals surface area contributed by atoms with Crippen LogP contribution in [-0.4, -0.2) is 40.2 Å². The van der Waals surface area contributed by atoms with Gasteiger partial charge in [0.25, 0.3) is 5.91 Å². The molecule has 21 heavy (non-hydrogen) atoms. The van der Waals surface area contributed by atoms with Crippen molar-refractivity contribution >= 4 is 17.7 Å². The van der Waals surface area contributed by atoms with Gasteiger partial charge in [0.05, 0.1) is 12.2 Å². The fourth-order valence-electron chi connectivity index (χ4n) is 1.64. The molecule has 0 aliphatic heterocycles. The van der Waals surface area contributed by atoms with Gasteiger partial charge in [-0.25, -0.2) is 0 Å². The predicted molar refractivity (Wildman–Crippen MR) is 87.4 cm³/mol. The SMILES string of the molecule is CCSCCC(C)NC(=O)c1cncc(C#CCCO)c1. The molecule has 0 radical (unpaired) electrons. The van der Waals surface area contributed by atoms with Crippen molar-refractivity contribution in [3.05, 3.63) is 29.6 Å². The Kier molecular flexibility index (Phi) is 8.56. The number of aliphatic hydroxyl groups is 1. The summed E-state index contributed by atoms with van der Waals surface area (Å²) in [7, 11) is 0. The molecule has 1 atom stereocenters. The molecule has 0 aromatic carbocycles. The molecule has 0 fully saturated rings. The van der Waals surface area contributed by atoms with Crippen molar-refractivity contribution in [2.24, 2.45) is 0 Å². The minimum atomic E-state index is -0.123. The van der Waals surface area contributed by atoms with E-state index in [-0.39, 0.29) is 18.6 Å². The van der Waals surface area contributed by atoms with Gasteiger partial charge in [-0.1, -0.05) is 18.8 Å². The van der Waals surface area contributed by atoms with Crippen molar-refractivity contribution in [3.63, 3.8) is 0 Å². The molecule has 1 heterocycles. The van der Waals surface area contributed by atoms with Gasteiger partial charge in [-0.05, 0) is 30.9 Å². The van der Waals surface area contributed by atoms with E-state index in [2.05, 4.69) is 29.1 Å². The molecule has 0 aliphatic carbocycles. The van der Waals surface area contributed by atoms with Crippen LogP contribution in [0.5, 0.6) is 0 Å². The first-order chi connectivity index (χ1) is 10.2. The quantitative estimate of drug-likeness (QED) is 0.598. The van der Waals surface area contributed by atoms with E-state index in [1.165, 1.54) is 0 Å². The van der Waals surface area contributed by atoms with E-state index < -0.39 is 0 Å². The lowest BCUT2D eigenvalue weighted by Crippen LogP contribution is -2.33. The van der Waals surface area contributed by atoms with E-state index in [1.807, 2.05) is 18.7 Å². The van der Waals surface area contributed by atoms with Crippen LogP contribution in [0.3, 0.4) is 0 Å². The van der Waals surface area contributed by atoms with E-state index in [1.54, 1.807) is 18.5 Å². The summed E-state index contributed by atoms with van der Waals surface area (Å²) in [6, 6.07) is 1.86. The lowest BCUT2D eigenvalue weighted by molar-refractivity contribution is 0.0939. The van der Waals surface area contributed by atoms with Crippen molar-refractivity contribution < 1.29 is 9.90 Å². The van der Waals surface area contributed by atoms with Gasteiger partial charge >= 0.3 is 0 Å². The van der Waals surface area contributed by atoms with E-state index in [4.69, 9.17) is 5.11 Å². The summed E-state index contributed by atoms with van der Waals surface area (Å²) in [4.78, 5) is 16.2. The molecule has 0 aliphatic rings. The average molecular weight is 306 g/mol. The van der Waals surface area contributed by atoms with Crippen LogP contribution in [0.15, 0.2) is 18.5 Å². The molecule has 2 N–H and O–H groups in total. The number of rotatable bonds is 7. The van der Waals surface area contributed by atoms with Crippen molar-refractivity contribution in [2.75, 3.05) is 18.1 Å². The molecule has 4 nitrogen and oxygen atoms in total. The Bertz CT molecular complexity index is 508. The van der Waals surface area contributed by atoms with Crippen LogP contribution in [0.2, 0.25) is 0 Å². The minimum absolute atomic E-state index is 0.0356. The molecule has 114 valence electrons. The zero-order valence-electron chi connectivity index (χ0n) is 12.6. The van der Waals surface area contributed by atoms with Crippen LogP contribution < -0.4 is 5.32 Å². The monoisotopic (exact) mass is 306 g/mol. The normalized spacial score (nSPS) is 11.4. The molecular formula is C16H22N2O2S. The van der Waals surface area contributed by atoms with E-state index >= 15 is 0 Å². The molecule has 1 amide bonds. The summed E-state index contributed by atoms with van der Waals surface area (Å²) in [6.45, 7) is 4.17. The van der Waals surface area contributed by atoms with Gasteiger partial charge in [-0.3, -0.25) is 9.78 Å². The molecule has 5 heteroatoms. The number of amides is 1. The number of nitrogens with zero attached hydrogens (tertiary/aromatic N) is 1. The Morgan fingerprint density at radius 3 is 3.05 bits per heavy atom. The molecule has 0 spiro atoms. The predicted octanol–water partition coefficient (Wildman–Crippen LogP) is 2.08. The Morgan fingerprint density at radius 2 is 2.33 bits per heavy atom. The van der Waals surface area contributed by atoms with Crippen LogP contribution >= 0.6 is 11.8 Å². The number of carbonyl (C=O) groups excluding carboxylic acids is 1. The van der Waals surface area contributed by atoms with Gasteiger partial charge in [0, 0.05) is 30.4 Å². The highest BCUT2D eigenvalue weighted by molar-refractivity contribution is 7.99. The van der Waals surface area contributed by atoms with Crippen LogP contribution in [0.25, 0.3) is 0 Å². The standard InChI is InChI=1S/C16H22N2O2S/c1-3-21-9-7-13(2)18-16(20)15-10-14(11-17-12-15)6-4-5-8-19/h10-13,19H,3,5,7-9H2,1-2H3,(H,18,20). The summed E-state index contributed by atoms with van der Waals surface area (Å²) < 4.78 is 0. The number of hydrogen-bond acceptors (Lipinski definition) is 4. The minimum Gasteiger partial charge on any atom is -0.395 e. The second kappa shape index (κ2) is 10.3. The molecule has 1 unspecified atom stereocenters. The third-order valence-corrected chi connectivity index (χ3v) is 3.68. The number of thioether (sulfide) groups is 1. The topological polar surface area (TPSA) is 62.2 Å². The highest BCUT2D eigenvalue weighted by Crippen LogP contribution is 2.06.